The fraction of sp³-hybridized carbons (Fsp3) is 0.444. The Morgan fingerprint density at radius 1 is 1.21 bits per heavy atom. The molecule has 2 heterocycles. The molecule has 5 nitrogen and oxygen atoms in total. The van der Waals surface area contributed by atoms with Gasteiger partial charge in [-0.05, 0) is 37.3 Å². The van der Waals surface area contributed by atoms with Gasteiger partial charge in [0.2, 0.25) is 5.95 Å². The Kier molecular flexibility index (Phi) is 1.47. The maximum atomic E-state index is 5.64. The lowest BCUT2D eigenvalue weighted by molar-refractivity contribution is 0.650. The minimum atomic E-state index is 0.369. The molecular weight excluding hydrogens is 178 g/mol. The molecule has 1 aliphatic carbocycles. The Balaban J connectivity index is 2.29. The summed E-state index contributed by atoms with van der Waals surface area (Å²) >= 11 is 0. The molecule has 5 heteroatoms. The van der Waals surface area contributed by atoms with E-state index in [9.17, 15) is 0 Å². The van der Waals surface area contributed by atoms with Crippen molar-refractivity contribution in [3.63, 3.8) is 0 Å². The van der Waals surface area contributed by atoms with Gasteiger partial charge in [-0.1, -0.05) is 0 Å². The Labute approximate surface area is 80.9 Å². The summed E-state index contributed by atoms with van der Waals surface area (Å²) in [6.45, 7) is 0. The lowest BCUT2D eigenvalue weighted by Crippen LogP contribution is -2.09. The number of anilines is 1. The molecule has 0 saturated carbocycles. The average molecular weight is 189 g/mol. The second-order valence-electron chi connectivity index (χ2n) is 3.65. The van der Waals surface area contributed by atoms with Crippen LogP contribution in [0.15, 0.2) is 6.07 Å². The van der Waals surface area contributed by atoms with Gasteiger partial charge < -0.3 is 5.73 Å². The number of nitrogens with zero attached hydrogens (tertiary/aromatic N) is 4. The first-order valence-electron chi connectivity index (χ1n) is 4.84. The molecule has 1 aliphatic rings. The van der Waals surface area contributed by atoms with Crippen LogP contribution in [-0.4, -0.2) is 19.8 Å². The molecule has 3 rings (SSSR count). The van der Waals surface area contributed by atoms with Gasteiger partial charge in [0.05, 0.1) is 5.69 Å². The second kappa shape index (κ2) is 2.67. The first-order valence-corrected chi connectivity index (χ1v) is 4.84. The van der Waals surface area contributed by atoms with Crippen molar-refractivity contribution in [2.24, 2.45) is 0 Å². The third kappa shape index (κ3) is 0.982. The molecule has 0 amide bonds. The highest BCUT2D eigenvalue weighted by Gasteiger charge is 2.13. The van der Waals surface area contributed by atoms with E-state index >= 15 is 0 Å². The zero-order chi connectivity index (χ0) is 9.54. The van der Waals surface area contributed by atoms with Crippen molar-refractivity contribution in [1.29, 1.82) is 0 Å². The highest BCUT2D eigenvalue weighted by atomic mass is 15.4. The largest absolute Gasteiger partial charge is 0.366 e. The predicted molar refractivity (Wildman–Crippen MR) is 51.8 cm³/mol. The molecule has 0 fully saturated rings. The summed E-state index contributed by atoms with van der Waals surface area (Å²) in [5.74, 6) is 0.369. The van der Waals surface area contributed by atoms with Crippen molar-refractivity contribution < 1.29 is 0 Å². The van der Waals surface area contributed by atoms with Gasteiger partial charge >= 0.3 is 0 Å². The summed E-state index contributed by atoms with van der Waals surface area (Å²) in [5, 5.41) is 12.2. The van der Waals surface area contributed by atoms with Crippen LogP contribution in [0.1, 0.15) is 24.1 Å². The van der Waals surface area contributed by atoms with Gasteiger partial charge in [0.1, 0.15) is 0 Å². The van der Waals surface area contributed by atoms with Crippen LogP contribution in [0.4, 0.5) is 5.95 Å². The molecular formula is C9H11N5. The topological polar surface area (TPSA) is 69.1 Å². The maximum Gasteiger partial charge on any atom is 0.243 e. The zero-order valence-corrected chi connectivity index (χ0v) is 7.77. The molecule has 0 aliphatic heterocycles. The Hall–Kier alpha value is -1.65. The zero-order valence-electron chi connectivity index (χ0n) is 7.77. The molecule has 0 radical (unpaired) electrons. The highest BCUT2D eigenvalue weighted by Crippen LogP contribution is 2.20. The van der Waals surface area contributed by atoms with Crippen LogP contribution in [0.2, 0.25) is 0 Å². The SMILES string of the molecule is Nc1nnc2cc3c(nn12)CCCC3. The van der Waals surface area contributed by atoms with Gasteiger partial charge in [-0.2, -0.15) is 9.61 Å². The molecule has 2 N–H and O–H groups in total. The minimum absolute atomic E-state index is 0.369. The molecule has 0 spiro atoms. The number of nitrogen functional groups attached to an aromatic ring is 1. The first-order chi connectivity index (χ1) is 6.84. The van der Waals surface area contributed by atoms with Crippen LogP contribution in [0, 0.1) is 0 Å². The molecule has 2 aromatic rings. The molecule has 0 atom stereocenters. The van der Waals surface area contributed by atoms with Gasteiger partial charge in [-0.3, -0.25) is 0 Å². The summed E-state index contributed by atoms with van der Waals surface area (Å²) < 4.78 is 1.62. The van der Waals surface area contributed by atoms with Crippen LogP contribution in [-0.2, 0) is 12.8 Å². The molecule has 2 aromatic heterocycles. The summed E-state index contributed by atoms with van der Waals surface area (Å²) in [5.41, 5.74) is 8.84. The maximum absolute atomic E-state index is 5.64. The van der Waals surface area contributed by atoms with Crippen molar-refractivity contribution in [2.45, 2.75) is 25.7 Å². The fourth-order valence-corrected chi connectivity index (χ4v) is 1.96. The smallest absolute Gasteiger partial charge is 0.243 e. The van der Waals surface area contributed by atoms with Crippen LogP contribution in [0.3, 0.4) is 0 Å². The van der Waals surface area contributed by atoms with Crippen LogP contribution < -0.4 is 5.73 Å². The van der Waals surface area contributed by atoms with E-state index in [4.69, 9.17) is 5.73 Å². The highest BCUT2D eigenvalue weighted by molar-refractivity contribution is 5.45. The van der Waals surface area contributed by atoms with Gasteiger partial charge in [0, 0.05) is 0 Å². The molecule has 0 saturated heterocycles. The van der Waals surface area contributed by atoms with Crippen molar-refractivity contribution in [3.8, 4) is 0 Å². The van der Waals surface area contributed by atoms with Crippen molar-refractivity contribution in [1.82, 2.24) is 19.8 Å². The summed E-state index contributed by atoms with van der Waals surface area (Å²) in [6, 6.07) is 2.05. The monoisotopic (exact) mass is 189 g/mol. The van der Waals surface area contributed by atoms with E-state index in [-0.39, 0.29) is 0 Å². The molecule has 14 heavy (non-hydrogen) atoms. The second-order valence-corrected chi connectivity index (χ2v) is 3.65. The minimum Gasteiger partial charge on any atom is -0.366 e. The van der Waals surface area contributed by atoms with Gasteiger partial charge in [-0.25, -0.2) is 0 Å². The van der Waals surface area contributed by atoms with Gasteiger partial charge in [0.15, 0.2) is 5.65 Å². The standard InChI is InChI=1S/C9H11N5/c10-9-12-11-8-5-6-3-1-2-4-7(6)13-14(8)9/h5H,1-4H2,(H2,10,12). The van der Waals surface area contributed by atoms with Crippen LogP contribution in [0.5, 0.6) is 0 Å². The number of rotatable bonds is 0. The molecule has 0 aromatic carbocycles. The van der Waals surface area contributed by atoms with E-state index in [1.807, 2.05) is 6.07 Å². The van der Waals surface area contributed by atoms with Crippen molar-refractivity contribution in [2.75, 3.05) is 5.73 Å². The van der Waals surface area contributed by atoms with Gasteiger partial charge in [0.25, 0.3) is 0 Å². The lowest BCUT2D eigenvalue weighted by Gasteiger charge is -2.13. The number of aryl methyl sites for hydroxylation is 2. The average Bonchev–Trinajstić information content (AvgIpc) is 2.57. The predicted octanol–water partition coefficient (Wildman–Crippen LogP) is 0.585. The number of nitrogens with two attached hydrogens (primary N) is 1. The number of hydrogen-bond acceptors (Lipinski definition) is 4. The van der Waals surface area contributed by atoms with E-state index in [1.165, 1.54) is 18.4 Å². The molecule has 72 valence electrons. The lowest BCUT2D eigenvalue weighted by atomic mass is 9.97. The summed E-state index contributed by atoms with van der Waals surface area (Å²) in [7, 11) is 0. The Bertz CT molecular complexity index is 487. The molecule has 0 bridgehead atoms. The summed E-state index contributed by atoms with van der Waals surface area (Å²) in [6.07, 6.45) is 4.61. The van der Waals surface area contributed by atoms with E-state index in [0.717, 1.165) is 24.2 Å². The number of aromatic nitrogens is 4. The van der Waals surface area contributed by atoms with Crippen LogP contribution >= 0.6 is 0 Å². The third-order valence-electron chi connectivity index (χ3n) is 2.69. The summed E-state index contributed by atoms with van der Waals surface area (Å²) in [4.78, 5) is 0. The Morgan fingerprint density at radius 2 is 2.07 bits per heavy atom. The van der Waals surface area contributed by atoms with E-state index in [1.54, 1.807) is 4.52 Å². The first kappa shape index (κ1) is 7.73. The van der Waals surface area contributed by atoms with Crippen molar-refractivity contribution >= 4 is 11.6 Å². The normalized spacial score (nSPS) is 15.7. The van der Waals surface area contributed by atoms with Gasteiger partial charge in [-0.15, -0.1) is 10.2 Å². The van der Waals surface area contributed by atoms with E-state index in [0.29, 0.717) is 5.95 Å². The third-order valence-corrected chi connectivity index (χ3v) is 2.69. The van der Waals surface area contributed by atoms with Crippen molar-refractivity contribution in [3.05, 3.63) is 17.3 Å². The van der Waals surface area contributed by atoms with Crippen LogP contribution in [0.25, 0.3) is 5.65 Å². The number of fused-ring (bicyclic) bond motifs is 2. The quantitative estimate of drug-likeness (QED) is 0.658. The van der Waals surface area contributed by atoms with E-state index < -0.39 is 0 Å². The molecule has 0 unspecified atom stereocenters. The van der Waals surface area contributed by atoms with E-state index in [2.05, 4.69) is 15.3 Å². The fourth-order valence-electron chi connectivity index (χ4n) is 1.96. The Morgan fingerprint density at radius 3 is 3.00 bits per heavy atom. The number of hydrogen-bond donors (Lipinski definition) is 1.